The zero-order valence-corrected chi connectivity index (χ0v) is 9.71. The maximum absolute atomic E-state index is 13.4. The third-order valence-electron chi connectivity index (χ3n) is 3.43. The first-order valence-corrected chi connectivity index (χ1v) is 6.34. The Kier molecular flexibility index (Phi) is 4.20. The van der Waals surface area contributed by atoms with Crippen molar-refractivity contribution in [2.24, 2.45) is 5.92 Å². The predicted molar refractivity (Wildman–Crippen MR) is 66.1 cm³/mol. The summed E-state index contributed by atoms with van der Waals surface area (Å²) in [7, 11) is 0. The van der Waals surface area contributed by atoms with Gasteiger partial charge in [0.05, 0.1) is 5.69 Å². The summed E-state index contributed by atoms with van der Waals surface area (Å²) < 4.78 is 13.4. The van der Waals surface area contributed by atoms with Crippen LogP contribution in [0.5, 0.6) is 0 Å². The van der Waals surface area contributed by atoms with E-state index in [0.717, 1.165) is 12.5 Å². The van der Waals surface area contributed by atoms with Gasteiger partial charge in [0.15, 0.2) is 0 Å². The van der Waals surface area contributed by atoms with Gasteiger partial charge in [0.1, 0.15) is 5.82 Å². The summed E-state index contributed by atoms with van der Waals surface area (Å²) in [5, 5.41) is 3.24. The van der Waals surface area contributed by atoms with Gasteiger partial charge in [0.2, 0.25) is 0 Å². The lowest BCUT2D eigenvalue weighted by Crippen LogP contribution is -2.14. The van der Waals surface area contributed by atoms with Gasteiger partial charge in [-0.2, -0.15) is 0 Å². The van der Waals surface area contributed by atoms with Crippen LogP contribution in [-0.2, 0) is 0 Å². The van der Waals surface area contributed by atoms with Gasteiger partial charge < -0.3 is 5.32 Å². The zero-order valence-electron chi connectivity index (χ0n) is 9.71. The molecule has 0 unspecified atom stereocenters. The van der Waals surface area contributed by atoms with Crippen LogP contribution in [0, 0.1) is 11.7 Å². The largest absolute Gasteiger partial charge is 0.382 e. The lowest BCUT2D eigenvalue weighted by atomic mass is 10.0. The molecule has 0 aromatic heterocycles. The van der Waals surface area contributed by atoms with Gasteiger partial charge in [-0.05, 0) is 30.9 Å². The molecule has 0 radical (unpaired) electrons. The van der Waals surface area contributed by atoms with E-state index in [1.807, 2.05) is 12.1 Å². The van der Waals surface area contributed by atoms with Crippen LogP contribution in [-0.4, -0.2) is 6.54 Å². The summed E-state index contributed by atoms with van der Waals surface area (Å²) >= 11 is 0. The molecule has 0 heterocycles. The standard InChI is InChI=1S/C14H20FN/c15-13-9-5-6-10-14(13)16-11-12-7-3-1-2-4-8-12/h5-6,9-10,12,16H,1-4,7-8,11H2. The van der Waals surface area contributed by atoms with Crippen LogP contribution in [0.1, 0.15) is 38.5 Å². The molecule has 0 saturated heterocycles. The molecule has 0 atom stereocenters. The SMILES string of the molecule is Fc1ccccc1NCC1CCCCCC1. The maximum atomic E-state index is 13.4. The lowest BCUT2D eigenvalue weighted by molar-refractivity contribution is 0.482. The molecule has 2 heteroatoms. The fraction of sp³-hybridized carbons (Fsp3) is 0.571. The molecule has 1 N–H and O–H groups in total. The Morgan fingerprint density at radius 2 is 1.75 bits per heavy atom. The van der Waals surface area contributed by atoms with Crippen LogP contribution in [0.15, 0.2) is 24.3 Å². The van der Waals surface area contributed by atoms with Gasteiger partial charge in [-0.15, -0.1) is 0 Å². The summed E-state index contributed by atoms with van der Waals surface area (Å²) in [5.41, 5.74) is 0.645. The van der Waals surface area contributed by atoms with E-state index in [2.05, 4.69) is 5.32 Å². The Balaban J connectivity index is 1.84. The molecule has 0 spiro atoms. The van der Waals surface area contributed by atoms with Crippen molar-refractivity contribution < 1.29 is 4.39 Å². The Bertz CT molecular complexity index is 316. The normalized spacial score (nSPS) is 18.1. The van der Waals surface area contributed by atoms with Crippen molar-refractivity contribution in [3.8, 4) is 0 Å². The van der Waals surface area contributed by atoms with Crippen LogP contribution in [0.2, 0.25) is 0 Å². The molecule has 1 nitrogen and oxygen atoms in total. The summed E-state index contributed by atoms with van der Waals surface area (Å²) in [5.74, 6) is 0.582. The maximum Gasteiger partial charge on any atom is 0.146 e. The molecular weight excluding hydrogens is 201 g/mol. The predicted octanol–water partition coefficient (Wildman–Crippen LogP) is 4.21. The van der Waals surface area contributed by atoms with E-state index in [-0.39, 0.29) is 5.82 Å². The molecule has 88 valence electrons. The molecular formula is C14H20FN. The van der Waals surface area contributed by atoms with Crippen molar-refractivity contribution >= 4 is 5.69 Å². The highest BCUT2D eigenvalue weighted by atomic mass is 19.1. The van der Waals surface area contributed by atoms with Crippen molar-refractivity contribution in [3.63, 3.8) is 0 Å². The summed E-state index contributed by atoms with van der Waals surface area (Å²) in [6.45, 7) is 0.918. The number of halogens is 1. The summed E-state index contributed by atoms with van der Waals surface area (Å²) in [4.78, 5) is 0. The van der Waals surface area contributed by atoms with Gasteiger partial charge >= 0.3 is 0 Å². The smallest absolute Gasteiger partial charge is 0.146 e. The second kappa shape index (κ2) is 5.88. The molecule has 2 rings (SSSR count). The molecule has 0 amide bonds. The van der Waals surface area contributed by atoms with E-state index in [9.17, 15) is 4.39 Å². The monoisotopic (exact) mass is 221 g/mol. The zero-order chi connectivity index (χ0) is 11.2. The van der Waals surface area contributed by atoms with Crippen LogP contribution < -0.4 is 5.32 Å². The molecule has 1 aromatic rings. The molecule has 0 bridgehead atoms. The Hall–Kier alpha value is -1.05. The minimum atomic E-state index is -0.142. The average molecular weight is 221 g/mol. The molecule has 1 aromatic carbocycles. The molecule has 1 aliphatic rings. The molecule has 1 fully saturated rings. The second-order valence-corrected chi connectivity index (χ2v) is 4.72. The van der Waals surface area contributed by atoms with Gasteiger partial charge in [0.25, 0.3) is 0 Å². The number of rotatable bonds is 3. The topological polar surface area (TPSA) is 12.0 Å². The molecule has 1 saturated carbocycles. The van der Waals surface area contributed by atoms with E-state index in [0.29, 0.717) is 5.69 Å². The van der Waals surface area contributed by atoms with E-state index >= 15 is 0 Å². The number of anilines is 1. The summed E-state index contributed by atoms with van der Waals surface area (Å²) in [6.07, 6.45) is 8.00. The Morgan fingerprint density at radius 1 is 1.06 bits per heavy atom. The quantitative estimate of drug-likeness (QED) is 0.754. The first-order valence-electron chi connectivity index (χ1n) is 6.34. The average Bonchev–Trinajstić information content (AvgIpc) is 2.56. The van der Waals surface area contributed by atoms with E-state index in [4.69, 9.17) is 0 Å². The fourth-order valence-corrected chi connectivity index (χ4v) is 2.43. The first-order chi connectivity index (χ1) is 7.86. The molecule has 16 heavy (non-hydrogen) atoms. The van der Waals surface area contributed by atoms with Crippen LogP contribution in [0.4, 0.5) is 10.1 Å². The van der Waals surface area contributed by atoms with Gasteiger partial charge in [0, 0.05) is 6.54 Å². The number of para-hydroxylation sites is 1. The van der Waals surface area contributed by atoms with Crippen molar-refractivity contribution in [1.29, 1.82) is 0 Å². The fourth-order valence-electron chi connectivity index (χ4n) is 2.43. The first kappa shape index (κ1) is 11.4. The van der Waals surface area contributed by atoms with Crippen LogP contribution in [0.25, 0.3) is 0 Å². The minimum absolute atomic E-state index is 0.142. The minimum Gasteiger partial charge on any atom is -0.382 e. The van der Waals surface area contributed by atoms with Crippen molar-refractivity contribution in [2.75, 3.05) is 11.9 Å². The van der Waals surface area contributed by atoms with Gasteiger partial charge in [-0.3, -0.25) is 0 Å². The number of nitrogens with one attached hydrogen (secondary N) is 1. The van der Waals surface area contributed by atoms with Crippen LogP contribution in [0.3, 0.4) is 0 Å². The van der Waals surface area contributed by atoms with Crippen LogP contribution >= 0.6 is 0 Å². The van der Waals surface area contributed by atoms with Crippen molar-refractivity contribution in [3.05, 3.63) is 30.1 Å². The van der Waals surface area contributed by atoms with E-state index in [1.54, 1.807) is 6.07 Å². The number of benzene rings is 1. The third-order valence-corrected chi connectivity index (χ3v) is 3.43. The number of hydrogen-bond donors (Lipinski definition) is 1. The highest BCUT2D eigenvalue weighted by Crippen LogP contribution is 2.23. The lowest BCUT2D eigenvalue weighted by Gasteiger charge is -2.15. The van der Waals surface area contributed by atoms with Crippen molar-refractivity contribution in [2.45, 2.75) is 38.5 Å². The van der Waals surface area contributed by atoms with E-state index in [1.165, 1.54) is 44.6 Å². The molecule has 1 aliphatic carbocycles. The third kappa shape index (κ3) is 3.22. The Morgan fingerprint density at radius 3 is 2.44 bits per heavy atom. The molecule has 0 aliphatic heterocycles. The van der Waals surface area contributed by atoms with Crippen molar-refractivity contribution in [1.82, 2.24) is 0 Å². The summed E-state index contributed by atoms with van der Waals surface area (Å²) in [6, 6.07) is 6.92. The second-order valence-electron chi connectivity index (χ2n) is 4.72. The van der Waals surface area contributed by atoms with Gasteiger partial charge in [-0.25, -0.2) is 4.39 Å². The van der Waals surface area contributed by atoms with E-state index < -0.39 is 0 Å². The highest BCUT2D eigenvalue weighted by Gasteiger charge is 2.12. The number of hydrogen-bond acceptors (Lipinski definition) is 1. The highest BCUT2D eigenvalue weighted by molar-refractivity contribution is 5.44. The van der Waals surface area contributed by atoms with Gasteiger partial charge in [-0.1, -0.05) is 37.8 Å². The Labute approximate surface area is 97.1 Å².